The molecule has 0 aliphatic carbocycles. The van der Waals surface area contributed by atoms with Gasteiger partial charge in [0, 0.05) is 30.2 Å². The molecule has 3 atom stereocenters. The zero-order valence-corrected chi connectivity index (χ0v) is 21.0. The van der Waals surface area contributed by atoms with Gasteiger partial charge in [0.05, 0.1) is 18.2 Å². The van der Waals surface area contributed by atoms with Crippen LogP contribution >= 0.6 is 11.6 Å². The summed E-state index contributed by atoms with van der Waals surface area (Å²) in [4.78, 5) is 50.1. The molecule has 1 aromatic carbocycles. The molecule has 4 amide bonds. The number of rotatable bonds is 7. The largest absolute Gasteiger partial charge is 0.384 e. The normalized spacial score (nSPS) is 17.6. The summed E-state index contributed by atoms with van der Waals surface area (Å²) >= 11 is 6.11. The Morgan fingerprint density at radius 1 is 1.24 bits per heavy atom. The summed E-state index contributed by atoms with van der Waals surface area (Å²) in [6.07, 6.45) is 4.43. The second-order valence-electron chi connectivity index (χ2n) is 8.73. The van der Waals surface area contributed by atoms with E-state index in [2.05, 4.69) is 15.3 Å². The first-order valence-corrected chi connectivity index (χ1v) is 12.1. The number of urea groups is 1. The number of hydrogen-bond acceptors (Lipinski definition) is 6. The molecule has 0 radical (unpaired) electrons. The Hall–Kier alpha value is -4.05. The number of β-lactam (4-membered cyclic amide) rings is 1. The maximum atomic E-state index is 14.4. The lowest BCUT2D eigenvalue weighted by Crippen LogP contribution is -2.70. The summed E-state index contributed by atoms with van der Waals surface area (Å²) in [5.74, 6) is -2.61. The number of amides is 4. The van der Waals surface area contributed by atoms with Crippen LogP contribution in [0, 0.1) is 11.7 Å². The van der Waals surface area contributed by atoms with Gasteiger partial charge in [-0.1, -0.05) is 30.7 Å². The fraction of sp³-hybridized carbons (Fsp3) is 0.269. The van der Waals surface area contributed by atoms with E-state index in [-0.39, 0.29) is 17.8 Å². The van der Waals surface area contributed by atoms with Crippen LogP contribution in [0.1, 0.15) is 30.5 Å². The van der Waals surface area contributed by atoms with Gasteiger partial charge in [-0.15, -0.1) is 0 Å². The summed E-state index contributed by atoms with van der Waals surface area (Å²) in [6.45, 7) is 1.88. The van der Waals surface area contributed by atoms with Crippen LogP contribution in [-0.2, 0) is 16.0 Å². The van der Waals surface area contributed by atoms with Crippen molar-refractivity contribution in [1.29, 1.82) is 0 Å². The SMILES string of the molecule is CC[C@@H](NC(=O)N1C(=O)C(Cc2cc(N)ncc2F)[C@H]1C(=O)N(C)c1ccncc1)c1cccc(Cl)c1. The summed E-state index contributed by atoms with van der Waals surface area (Å²) in [6, 6.07) is 9.31. The Balaban J connectivity index is 1.62. The summed E-state index contributed by atoms with van der Waals surface area (Å²) in [5, 5.41) is 3.34. The quantitative estimate of drug-likeness (QED) is 0.454. The summed E-state index contributed by atoms with van der Waals surface area (Å²) in [7, 11) is 1.54. The third-order valence-electron chi connectivity index (χ3n) is 6.42. The average molecular weight is 525 g/mol. The van der Waals surface area contributed by atoms with Gasteiger partial charge < -0.3 is 16.0 Å². The second kappa shape index (κ2) is 10.9. The number of pyridine rings is 2. The number of nitrogens with zero attached hydrogens (tertiary/aromatic N) is 4. The Morgan fingerprint density at radius 2 is 1.97 bits per heavy atom. The van der Waals surface area contributed by atoms with Crippen LogP contribution in [-0.4, -0.2) is 45.8 Å². The second-order valence-corrected chi connectivity index (χ2v) is 9.17. The maximum Gasteiger partial charge on any atom is 0.325 e. The van der Waals surface area contributed by atoms with Crippen molar-refractivity contribution in [3.63, 3.8) is 0 Å². The fourth-order valence-corrected chi connectivity index (χ4v) is 4.60. The Kier molecular flexibility index (Phi) is 7.68. The van der Waals surface area contributed by atoms with E-state index < -0.39 is 41.7 Å². The van der Waals surface area contributed by atoms with Crippen LogP contribution in [0.4, 0.5) is 20.7 Å². The number of aromatic nitrogens is 2. The Bertz CT molecular complexity index is 1320. The van der Waals surface area contributed by atoms with Crippen LogP contribution in [0.25, 0.3) is 0 Å². The van der Waals surface area contributed by atoms with Crippen molar-refractivity contribution in [2.75, 3.05) is 17.7 Å². The van der Waals surface area contributed by atoms with Gasteiger partial charge >= 0.3 is 6.03 Å². The zero-order chi connectivity index (χ0) is 26.7. The van der Waals surface area contributed by atoms with E-state index >= 15 is 0 Å². The lowest BCUT2D eigenvalue weighted by Gasteiger charge is -2.46. The van der Waals surface area contributed by atoms with Crippen molar-refractivity contribution < 1.29 is 18.8 Å². The first-order valence-electron chi connectivity index (χ1n) is 11.7. The highest BCUT2D eigenvalue weighted by Gasteiger charge is 2.55. The molecule has 4 rings (SSSR count). The average Bonchev–Trinajstić information content (AvgIpc) is 2.90. The zero-order valence-electron chi connectivity index (χ0n) is 20.3. The Morgan fingerprint density at radius 3 is 2.65 bits per heavy atom. The molecule has 1 unspecified atom stereocenters. The van der Waals surface area contributed by atoms with E-state index in [1.165, 1.54) is 23.4 Å². The fourth-order valence-electron chi connectivity index (χ4n) is 4.41. The number of nitrogen functional groups attached to an aromatic ring is 1. The number of imide groups is 1. The van der Waals surface area contributed by atoms with Crippen molar-refractivity contribution in [2.24, 2.45) is 5.92 Å². The molecule has 3 N–H and O–H groups in total. The molecule has 1 aliphatic heterocycles. The molecular formula is C26H26ClFN6O3. The molecule has 9 nitrogen and oxygen atoms in total. The first-order chi connectivity index (χ1) is 17.7. The van der Waals surface area contributed by atoms with Crippen LogP contribution in [0.15, 0.2) is 61.1 Å². The predicted molar refractivity (Wildman–Crippen MR) is 137 cm³/mol. The van der Waals surface area contributed by atoms with Gasteiger partial charge in [0.15, 0.2) is 0 Å². The number of likely N-dealkylation sites (tertiary alicyclic amines) is 1. The van der Waals surface area contributed by atoms with Gasteiger partial charge in [0.25, 0.3) is 5.91 Å². The van der Waals surface area contributed by atoms with Gasteiger partial charge in [-0.25, -0.2) is 14.2 Å². The third kappa shape index (κ3) is 5.39. The number of halogens is 2. The van der Waals surface area contributed by atoms with Gasteiger partial charge in [-0.3, -0.25) is 19.5 Å². The van der Waals surface area contributed by atoms with Crippen molar-refractivity contribution in [1.82, 2.24) is 20.2 Å². The van der Waals surface area contributed by atoms with E-state index in [0.717, 1.165) is 16.7 Å². The van der Waals surface area contributed by atoms with Gasteiger partial charge in [0.2, 0.25) is 5.91 Å². The lowest BCUT2D eigenvalue weighted by atomic mass is 9.81. The number of benzene rings is 1. The lowest BCUT2D eigenvalue weighted by molar-refractivity contribution is -0.156. The molecule has 37 heavy (non-hydrogen) atoms. The van der Waals surface area contributed by atoms with Crippen molar-refractivity contribution in [3.05, 3.63) is 83.0 Å². The molecule has 192 valence electrons. The minimum Gasteiger partial charge on any atom is -0.384 e. The highest BCUT2D eigenvalue weighted by molar-refractivity contribution is 6.30. The van der Waals surface area contributed by atoms with E-state index in [1.54, 1.807) is 37.4 Å². The molecule has 2 aromatic heterocycles. The third-order valence-corrected chi connectivity index (χ3v) is 6.65. The number of nitrogens with two attached hydrogens (primary N) is 1. The van der Waals surface area contributed by atoms with Gasteiger partial charge in [0.1, 0.15) is 17.7 Å². The molecule has 11 heteroatoms. The molecule has 3 aromatic rings. The van der Waals surface area contributed by atoms with E-state index in [9.17, 15) is 18.8 Å². The van der Waals surface area contributed by atoms with Crippen LogP contribution < -0.4 is 16.0 Å². The van der Waals surface area contributed by atoms with Crippen molar-refractivity contribution in [2.45, 2.75) is 31.8 Å². The number of likely N-dealkylation sites (N-methyl/N-ethyl adjacent to an activating group) is 1. The van der Waals surface area contributed by atoms with E-state index in [1.807, 2.05) is 13.0 Å². The minimum absolute atomic E-state index is 0.0851. The number of nitrogens with one attached hydrogen (secondary N) is 1. The molecule has 0 spiro atoms. The molecule has 3 heterocycles. The van der Waals surface area contributed by atoms with Gasteiger partial charge in [-0.05, 0) is 54.3 Å². The Labute approximate surface area is 218 Å². The molecule has 1 aliphatic rings. The van der Waals surface area contributed by atoms with E-state index in [4.69, 9.17) is 17.3 Å². The summed E-state index contributed by atoms with van der Waals surface area (Å²) in [5.41, 5.74) is 7.13. The standard InChI is InChI=1S/C26H26ClFN6O3/c1-3-21(15-5-4-6-17(27)11-15)32-26(37)34-23(25(36)33(2)18-7-9-30-10-8-18)19(24(34)35)12-16-13-22(29)31-14-20(16)28/h4-11,13-14,19,21,23H,3,12H2,1-2H3,(H2,29,31)(H,32,37)/t19?,21-,23+/m1/s1. The topological polar surface area (TPSA) is 122 Å². The number of hydrogen-bond donors (Lipinski definition) is 2. The van der Waals surface area contributed by atoms with Crippen LogP contribution in [0.2, 0.25) is 5.02 Å². The van der Waals surface area contributed by atoms with Gasteiger partial charge in [-0.2, -0.15) is 0 Å². The van der Waals surface area contributed by atoms with Crippen LogP contribution in [0.5, 0.6) is 0 Å². The molecule has 0 bridgehead atoms. The molecule has 1 saturated heterocycles. The minimum atomic E-state index is -1.16. The highest BCUT2D eigenvalue weighted by atomic mass is 35.5. The monoisotopic (exact) mass is 524 g/mol. The van der Waals surface area contributed by atoms with Crippen molar-refractivity contribution in [3.8, 4) is 0 Å². The smallest absolute Gasteiger partial charge is 0.325 e. The molecule has 0 saturated carbocycles. The number of carbonyl (C=O) groups is 3. The predicted octanol–water partition coefficient (Wildman–Crippen LogP) is 3.74. The molecule has 1 fully saturated rings. The maximum absolute atomic E-state index is 14.4. The number of anilines is 2. The first kappa shape index (κ1) is 26.0. The number of carbonyl (C=O) groups excluding carboxylic acids is 3. The van der Waals surface area contributed by atoms with E-state index in [0.29, 0.717) is 17.1 Å². The van der Waals surface area contributed by atoms with Crippen molar-refractivity contribution >= 4 is 41.0 Å². The highest BCUT2D eigenvalue weighted by Crippen LogP contribution is 2.34. The van der Waals surface area contributed by atoms with Crippen LogP contribution in [0.3, 0.4) is 0 Å². The summed E-state index contributed by atoms with van der Waals surface area (Å²) < 4.78 is 14.4. The molecular weight excluding hydrogens is 499 g/mol.